The van der Waals surface area contributed by atoms with Crippen molar-refractivity contribution < 1.29 is 14.7 Å². The van der Waals surface area contributed by atoms with E-state index in [9.17, 15) is 14.7 Å². The zero-order chi connectivity index (χ0) is 17.2. The minimum atomic E-state index is -0.776. The molecule has 1 aromatic carbocycles. The van der Waals surface area contributed by atoms with E-state index in [1.807, 2.05) is 30.3 Å². The summed E-state index contributed by atoms with van der Waals surface area (Å²) >= 11 is 1.51. The molecule has 1 N–H and O–H groups in total. The Morgan fingerprint density at radius 3 is 2.62 bits per heavy atom. The molecule has 3 rings (SSSR count). The van der Waals surface area contributed by atoms with Crippen LogP contribution in [0.15, 0.2) is 35.2 Å². The quantitative estimate of drug-likeness (QED) is 0.797. The lowest BCUT2D eigenvalue weighted by atomic mass is 9.81. The van der Waals surface area contributed by atoms with Crippen molar-refractivity contribution in [3.8, 4) is 0 Å². The number of likely N-dealkylation sites (tertiary alicyclic amines) is 2. The summed E-state index contributed by atoms with van der Waals surface area (Å²) in [6.07, 6.45) is 1.03. The van der Waals surface area contributed by atoms with E-state index in [1.54, 1.807) is 4.90 Å². The van der Waals surface area contributed by atoms with Crippen molar-refractivity contribution in [1.82, 2.24) is 9.80 Å². The first-order valence-corrected chi connectivity index (χ1v) is 9.45. The van der Waals surface area contributed by atoms with Crippen LogP contribution >= 0.6 is 11.8 Å². The maximum atomic E-state index is 12.5. The number of benzene rings is 1. The Bertz CT molecular complexity index is 610. The summed E-state index contributed by atoms with van der Waals surface area (Å²) < 4.78 is 0. The van der Waals surface area contributed by atoms with Gasteiger partial charge in [-0.2, -0.15) is 0 Å². The molecule has 2 heterocycles. The highest BCUT2D eigenvalue weighted by atomic mass is 32.2. The molecular weight excluding hydrogens is 324 g/mol. The summed E-state index contributed by atoms with van der Waals surface area (Å²) in [5, 5.41) is 9.80. The number of nitrogens with zero attached hydrogens (tertiary/aromatic N) is 2. The van der Waals surface area contributed by atoms with Crippen LogP contribution in [0.5, 0.6) is 0 Å². The number of carboxylic acids is 1. The van der Waals surface area contributed by atoms with Gasteiger partial charge in [0.05, 0.1) is 5.75 Å². The monoisotopic (exact) mass is 348 g/mol. The van der Waals surface area contributed by atoms with Gasteiger partial charge in [0.25, 0.3) is 0 Å². The molecule has 0 radical (unpaired) electrons. The highest BCUT2D eigenvalue weighted by Gasteiger charge is 2.58. The van der Waals surface area contributed by atoms with Crippen molar-refractivity contribution in [2.75, 3.05) is 38.5 Å². The summed E-state index contributed by atoms with van der Waals surface area (Å²) in [4.78, 5) is 29.5. The van der Waals surface area contributed by atoms with Crippen molar-refractivity contribution in [3.05, 3.63) is 30.3 Å². The van der Waals surface area contributed by atoms with Crippen molar-refractivity contribution in [2.24, 2.45) is 11.3 Å². The van der Waals surface area contributed by atoms with Crippen LogP contribution in [0, 0.1) is 11.3 Å². The van der Waals surface area contributed by atoms with E-state index in [0.717, 1.165) is 24.4 Å². The topological polar surface area (TPSA) is 60.9 Å². The highest BCUT2D eigenvalue weighted by molar-refractivity contribution is 8.00. The zero-order valence-corrected chi connectivity index (χ0v) is 14.8. The fourth-order valence-corrected chi connectivity index (χ4v) is 4.72. The van der Waals surface area contributed by atoms with Crippen molar-refractivity contribution in [1.29, 1.82) is 0 Å². The van der Waals surface area contributed by atoms with Gasteiger partial charge in [-0.15, -0.1) is 11.8 Å². The molecule has 1 amide bonds. The largest absolute Gasteiger partial charge is 0.481 e. The normalized spacial score (nSPS) is 26.5. The number of hydrogen-bond donors (Lipinski definition) is 1. The molecule has 0 unspecified atom stereocenters. The fourth-order valence-electron chi connectivity index (χ4n) is 3.90. The van der Waals surface area contributed by atoms with Crippen LogP contribution in [0.3, 0.4) is 0 Å². The Balaban J connectivity index is 1.61. The molecule has 2 saturated heterocycles. The van der Waals surface area contributed by atoms with Gasteiger partial charge in [0.15, 0.2) is 0 Å². The third kappa shape index (κ3) is 3.30. The van der Waals surface area contributed by atoms with Gasteiger partial charge < -0.3 is 14.9 Å². The molecule has 2 atom stereocenters. The van der Waals surface area contributed by atoms with Gasteiger partial charge in [0.1, 0.15) is 5.41 Å². The number of thioether (sulfide) groups is 1. The van der Waals surface area contributed by atoms with Gasteiger partial charge in [0, 0.05) is 37.0 Å². The molecule has 0 spiro atoms. The molecule has 0 aliphatic carbocycles. The van der Waals surface area contributed by atoms with Crippen LogP contribution < -0.4 is 0 Å². The molecule has 2 fully saturated rings. The molecule has 2 aliphatic rings. The number of rotatable bonds is 6. The summed E-state index contributed by atoms with van der Waals surface area (Å²) in [6, 6.07) is 9.83. The third-order valence-electron chi connectivity index (χ3n) is 5.10. The van der Waals surface area contributed by atoms with Gasteiger partial charge in [-0.1, -0.05) is 25.1 Å². The van der Waals surface area contributed by atoms with Crippen LogP contribution in [0.4, 0.5) is 0 Å². The second kappa shape index (κ2) is 7.15. The second-order valence-corrected chi connectivity index (χ2v) is 7.82. The van der Waals surface area contributed by atoms with Gasteiger partial charge >= 0.3 is 5.97 Å². The molecule has 0 aromatic heterocycles. The number of aliphatic carboxylic acids is 1. The van der Waals surface area contributed by atoms with Crippen LogP contribution in [-0.4, -0.2) is 65.3 Å². The van der Waals surface area contributed by atoms with Crippen LogP contribution in [0.2, 0.25) is 0 Å². The van der Waals surface area contributed by atoms with Gasteiger partial charge in [-0.3, -0.25) is 9.59 Å². The maximum Gasteiger partial charge on any atom is 0.313 e. The van der Waals surface area contributed by atoms with E-state index in [0.29, 0.717) is 25.4 Å². The van der Waals surface area contributed by atoms with E-state index in [2.05, 4.69) is 11.8 Å². The van der Waals surface area contributed by atoms with Crippen molar-refractivity contribution >= 4 is 23.6 Å². The van der Waals surface area contributed by atoms with Gasteiger partial charge in [-0.25, -0.2) is 0 Å². The Morgan fingerprint density at radius 2 is 2.00 bits per heavy atom. The maximum absolute atomic E-state index is 12.5. The van der Waals surface area contributed by atoms with Crippen molar-refractivity contribution in [3.63, 3.8) is 0 Å². The zero-order valence-electron chi connectivity index (χ0n) is 14.0. The van der Waals surface area contributed by atoms with Crippen LogP contribution in [-0.2, 0) is 9.59 Å². The lowest BCUT2D eigenvalue weighted by Gasteiger charge is -2.25. The number of fused-ring (bicyclic) bond motifs is 1. The smallest absolute Gasteiger partial charge is 0.313 e. The summed E-state index contributed by atoms with van der Waals surface area (Å²) in [5.41, 5.74) is -0.776. The molecule has 6 heteroatoms. The summed E-state index contributed by atoms with van der Waals surface area (Å²) in [7, 11) is 0. The first-order chi connectivity index (χ1) is 11.5. The molecule has 2 aliphatic heterocycles. The molecule has 1 aromatic rings. The minimum absolute atomic E-state index is 0.0425. The van der Waals surface area contributed by atoms with E-state index in [-0.39, 0.29) is 11.8 Å². The van der Waals surface area contributed by atoms with Gasteiger partial charge in [-0.05, 0) is 25.1 Å². The molecule has 24 heavy (non-hydrogen) atoms. The van der Waals surface area contributed by atoms with Gasteiger partial charge in [0.2, 0.25) is 5.91 Å². The fraction of sp³-hybridized carbons (Fsp3) is 0.556. The standard InChI is InChI=1S/C18H24N2O3S/c1-2-8-19-9-14-10-20(13-18(14,12-19)17(22)23)16(21)11-24-15-6-4-3-5-7-15/h3-7,14H,2,8-13H2,1H3,(H,22,23)/t14-,18-/m0/s1. The Morgan fingerprint density at radius 1 is 1.25 bits per heavy atom. The number of carbonyl (C=O) groups excluding carboxylic acids is 1. The van der Waals surface area contributed by atoms with E-state index >= 15 is 0 Å². The Labute approximate surface area is 147 Å². The Hall–Kier alpha value is -1.53. The van der Waals surface area contributed by atoms with Crippen molar-refractivity contribution in [2.45, 2.75) is 18.2 Å². The van der Waals surface area contributed by atoms with E-state index in [1.165, 1.54) is 11.8 Å². The van der Waals surface area contributed by atoms with Crippen LogP contribution in [0.1, 0.15) is 13.3 Å². The van der Waals surface area contributed by atoms with E-state index in [4.69, 9.17) is 0 Å². The number of carbonyl (C=O) groups is 2. The SMILES string of the molecule is CCCN1C[C@H]2CN(C(=O)CSc3ccccc3)C[C@@]2(C(=O)O)C1. The molecule has 130 valence electrons. The molecular formula is C18H24N2O3S. The molecule has 5 nitrogen and oxygen atoms in total. The third-order valence-corrected chi connectivity index (χ3v) is 6.10. The number of carboxylic acid groups (broad SMARTS) is 1. The lowest BCUT2D eigenvalue weighted by molar-refractivity contribution is -0.149. The predicted molar refractivity (Wildman–Crippen MR) is 94.0 cm³/mol. The lowest BCUT2D eigenvalue weighted by Crippen LogP contribution is -2.42. The second-order valence-electron chi connectivity index (χ2n) is 6.77. The average Bonchev–Trinajstić information content (AvgIpc) is 3.09. The van der Waals surface area contributed by atoms with Crippen LogP contribution in [0.25, 0.3) is 0 Å². The number of hydrogen-bond acceptors (Lipinski definition) is 4. The summed E-state index contributed by atoms with van der Waals surface area (Å²) in [5.74, 6) is -0.296. The Kier molecular flexibility index (Phi) is 5.15. The number of amides is 1. The first-order valence-electron chi connectivity index (χ1n) is 8.46. The molecule has 0 bridgehead atoms. The first kappa shape index (κ1) is 17.3. The predicted octanol–water partition coefficient (Wildman–Crippen LogP) is 2.03. The average molecular weight is 348 g/mol. The summed E-state index contributed by atoms with van der Waals surface area (Å²) in [6.45, 7) is 5.32. The molecule has 0 saturated carbocycles. The highest BCUT2D eigenvalue weighted by Crippen LogP contribution is 2.43. The minimum Gasteiger partial charge on any atom is -0.481 e. The van der Waals surface area contributed by atoms with E-state index < -0.39 is 11.4 Å².